The van der Waals surface area contributed by atoms with Gasteiger partial charge in [0.05, 0.1) is 12.1 Å². The van der Waals surface area contributed by atoms with Crippen molar-refractivity contribution in [3.8, 4) is 5.75 Å². The van der Waals surface area contributed by atoms with Crippen LogP contribution in [0, 0.1) is 12.7 Å². The fourth-order valence-electron chi connectivity index (χ4n) is 1.93. The van der Waals surface area contributed by atoms with Crippen molar-refractivity contribution in [2.45, 2.75) is 13.0 Å². The first-order chi connectivity index (χ1) is 9.02. The summed E-state index contributed by atoms with van der Waals surface area (Å²) in [4.78, 5) is 0. The van der Waals surface area contributed by atoms with Crippen molar-refractivity contribution in [3.05, 3.63) is 63.9 Å². The van der Waals surface area contributed by atoms with E-state index in [0.717, 1.165) is 5.56 Å². The van der Waals surface area contributed by atoms with Gasteiger partial charge in [-0.3, -0.25) is 0 Å². The fourth-order valence-corrected chi connectivity index (χ4v) is 2.13. The largest absolute Gasteiger partial charge is 0.495 e. The van der Waals surface area contributed by atoms with Gasteiger partial charge in [-0.05, 0) is 47.9 Å². The maximum atomic E-state index is 13.3. The Morgan fingerprint density at radius 3 is 2.63 bits per heavy atom. The molecule has 0 aliphatic carbocycles. The summed E-state index contributed by atoms with van der Waals surface area (Å²) in [5.74, 6) is 0.104. The number of aryl methyl sites for hydroxylation is 1. The Morgan fingerprint density at radius 1 is 1.21 bits per heavy atom. The van der Waals surface area contributed by atoms with Crippen molar-refractivity contribution in [1.29, 1.82) is 0 Å². The van der Waals surface area contributed by atoms with Gasteiger partial charge in [-0.1, -0.05) is 23.7 Å². The minimum atomic E-state index is -0.915. The van der Waals surface area contributed by atoms with E-state index in [2.05, 4.69) is 0 Å². The van der Waals surface area contributed by atoms with E-state index in [1.165, 1.54) is 19.2 Å². The van der Waals surface area contributed by atoms with Crippen LogP contribution in [0.2, 0.25) is 5.02 Å². The molecule has 19 heavy (non-hydrogen) atoms. The van der Waals surface area contributed by atoms with Gasteiger partial charge in [0.25, 0.3) is 0 Å². The number of hydrogen-bond donors (Lipinski definition) is 1. The highest BCUT2D eigenvalue weighted by Crippen LogP contribution is 2.31. The van der Waals surface area contributed by atoms with Gasteiger partial charge < -0.3 is 9.84 Å². The maximum Gasteiger partial charge on any atom is 0.137 e. The lowest BCUT2D eigenvalue weighted by molar-refractivity contribution is 0.218. The van der Waals surface area contributed by atoms with E-state index in [0.29, 0.717) is 21.9 Å². The molecule has 0 aliphatic heterocycles. The third kappa shape index (κ3) is 2.88. The van der Waals surface area contributed by atoms with Crippen LogP contribution in [-0.4, -0.2) is 12.2 Å². The van der Waals surface area contributed by atoms with Gasteiger partial charge in [-0.25, -0.2) is 4.39 Å². The molecule has 1 unspecified atom stereocenters. The molecule has 2 aromatic rings. The highest BCUT2D eigenvalue weighted by Gasteiger charge is 2.15. The molecule has 0 bridgehead atoms. The van der Waals surface area contributed by atoms with Crippen LogP contribution in [0.1, 0.15) is 22.8 Å². The van der Waals surface area contributed by atoms with Crippen molar-refractivity contribution in [2.24, 2.45) is 0 Å². The third-order valence-electron chi connectivity index (χ3n) is 3.03. The van der Waals surface area contributed by atoms with Crippen molar-refractivity contribution in [2.75, 3.05) is 7.11 Å². The fraction of sp³-hybridized carbons (Fsp3) is 0.200. The standard InChI is InChI=1S/C15H14ClFO2/c1-9-3-5-11(17)8-12(9)15(18)10-4-6-13(16)14(7-10)19-2/h3-8,15,18H,1-2H3. The summed E-state index contributed by atoms with van der Waals surface area (Å²) >= 11 is 5.94. The molecule has 1 atom stereocenters. The maximum absolute atomic E-state index is 13.3. The number of hydrogen-bond acceptors (Lipinski definition) is 2. The van der Waals surface area contributed by atoms with E-state index in [4.69, 9.17) is 16.3 Å². The Kier molecular flexibility index (Phi) is 4.08. The Balaban J connectivity index is 2.43. The molecule has 0 heterocycles. The van der Waals surface area contributed by atoms with Crippen LogP contribution in [0.3, 0.4) is 0 Å². The van der Waals surface area contributed by atoms with Gasteiger partial charge >= 0.3 is 0 Å². The summed E-state index contributed by atoms with van der Waals surface area (Å²) < 4.78 is 18.4. The molecule has 100 valence electrons. The number of rotatable bonds is 3. The summed E-state index contributed by atoms with van der Waals surface area (Å²) in [6.07, 6.45) is -0.915. The molecular weight excluding hydrogens is 267 g/mol. The summed E-state index contributed by atoms with van der Waals surface area (Å²) in [6.45, 7) is 1.82. The summed E-state index contributed by atoms with van der Waals surface area (Å²) in [5.41, 5.74) is 1.96. The van der Waals surface area contributed by atoms with E-state index in [1.807, 2.05) is 6.92 Å². The second-order valence-electron chi connectivity index (χ2n) is 4.30. The van der Waals surface area contributed by atoms with Crippen LogP contribution < -0.4 is 4.74 Å². The highest BCUT2D eigenvalue weighted by atomic mass is 35.5. The number of ether oxygens (including phenoxy) is 1. The number of aliphatic hydroxyl groups excluding tert-OH is 1. The van der Waals surface area contributed by atoms with Crippen molar-refractivity contribution in [1.82, 2.24) is 0 Å². The van der Waals surface area contributed by atoms with E-state index in [-0.39, 0.29) is 5.82 Å². The van der Waals surface area contributed by atoms with Gasteiger partial charge in [0.1, 0.15) is 17.7 Å². The first-order valence-corrected chi connectivity index (χ1v) is 6.18. The highest BCUT2D eigenvalue weighted by molar-refractivity contribution is 6.32. The summed E-state index contributed by atoms with van der Waals surface area (Å²) in [6, 6.07) is 9.33. The normalized spacial score (nSPS) is 12.3. The smallest absolute Gasteiger partial charge is 0.137 e. The topological polar surface area (TPSA) is 29.5 Å². The van der Waals surface area contributed by atoms with Crippen LogP contribution in [-0.2, 0) is 0 Å². The monoisotopic (exact) mass is 280 g/mol. The molecule has 0 amide bonds. The molecule has 0 aromatic heterocycles. The molecule has 2 nitrogen and oxygen atoms in total. The van der Waals surface area contributed by atoms with Crippen molar-refractivity contribution in [3.63, 3.8) is 0 Å². The van der Waals surface area contributed by atoms with Crippen molar-refractivity contribution < 1.29 is 14.2 Å². The molecule has 2 rings (SSSR count). The first kappa shape index (κ1) is 13.8. The number of methoxy groups -OCH3 is 1. The van der Waals surface area contributed by atoms with Crippen LogP contribution in [0.4, 0.5) is 4.39 Å². The van der Waals surface area contributed by atoms with E-state index in [1.54, 1.807) is 24.3 Å². The SMILES string of the molecule is COc1cc(C(O)c2cc(F)ccc2C)ccc1Cl. The lowest BCUT2D eigenvalue weighted by atomic mass is 9.97. The molecule has 0 saturated heterocycles. The molecule has 0 radical (unpaired) electrons. The molecule has 2 aromatic carbocycles. The Morgan fingerprint density at radius 2 is 1.95 bits per heavy atom. The molecule has 1 N–H and O–H groups in total. The Labute approximate surface area is 116 Å². The minimum Gasteiger partial charge on any atom is -0.495 e. The molecule has 0 fully saturated rings. The molecular formula is C15H14ClFO2. The van der Waals surface area contributed by atoms with Crippen LogP contribution in [0.15, 0.2) is 36.4 Å². The average Bonchev–Trinajstić information content (AvgIpc) is 2.41. The van der Waals surface area contributed by atoms with Crippen LogP contribution >= 0.6 is 11.6 Å². The predicted octanol–water partition coefficient (Wildman–Crippen LogP) is 3.88. The van der Waals surface area contributed by atoms with Gasteiger partial charge in [-0.15, -0.1) is 0 Å². The molecule has 4 heteroatoms. The molecule has 0 saturated carbocycles. The predicted molar refractivity (Wildman–Crippen MR) is 73.2 cm³/mol. The quantitative estimate of drug-likeness (QED) is 0.924. The molecule has 0 aliphatic rings. The molecule has 0 spiro atoms. The van der Waals surface area contributed by atoms with Gasteiger partial charge in [0.15, 0.2) is 0 Å². The first-order valence-electron chi connectivity index (χ1n) is 5.80. The second kappa shape index (κ2) is 5.59. The van der Waals surface area contributed by atoms with E-state index < -0.39 is 6.10 Å². The van der Waals surface area contributed by atoms with Gasteiger partial charge in [0, 0.05) is 0 Å². The van der Waals surface area contributed by atoms with Crippen LogP contribution in [0.25, 0.3) is 0 Å². The number of aliphatic hydroxyl groups is 1. The Hall–Kier alpha value is -1.58. The third-order valence-corrected chi connectivity index (χ3v) is 3.34. The van der Waals surface area contributed by atoms with E-state index in [9.17, 15) is 9.50 Å². The number of benzene rings is 2. The zero-order valence-corrected chi connectivity index (χ0v) is 11.4. The summed E-state index contributed by atoms with van der Waals surface area (Å²) in [5, 5.41) is 10.8. The lowest BCUT2D eigenvalue weighted by Crippen LogP contribution is -2.03. The lowest BCUT2D eigenvalue weighted by Gasteiger charge is -2.15. The minimum absolute atomic E-state index is 0.374. The van der Waals surface area contributed by atoms with Gasteiger partial charge in [-0.2, -0.15) is 0 Å². The zero-order chi connectivity index (χ0) is 14.0. The number of halogens is 2. The van der Waals surface area contributed by atoms with Crippen molar-refractivity contribution >= 4 is 11.6 Å². The Bertz CT molecular complexity index is 599. The van der Waals surface area contributed by atoms with E-state index >= 15 is 0 Å². The average molecular weight is 281 g/mol. The summed E-state index contributed by atoms with van der Waals surface area (Å²) in [7, 11) is 1.50. The second-order valence-corrected chi connectivity index (χ2v) is 4.70. The van der Waals surface area contributed by atoms with Crippen LogP contribution in [0.5, 0.6) is 5.75 Å². The zero-order valence-electron chi connectivity index (χ0n) is 10.7. The van der Waals surface area contributed by atoms with Gasteiger partial charge in [0.2, 0.25) is 0 Å².